The molecule has 1 N–H and O–H groups in total. The summed E-state index contributed by atoms with van der Waals surface area (Å²) in [6.07, 6.45) is 1.07. The Kier molecular flexibility index (Phi) is 5.13. The molecule has 4 rings (SSSR count). The number of para-hydroxylation sites is 1. The molecule has 3 heterocycles. The Labute approximate surface area is 170 Å². The number of fused-ring (bicyclic) bond motifs is 1. The van der Waals surface area contributed by atoms with Crippen LogP contribution in [0.3, 0.4) is 0 Å². The van der Waals surface area contributed by atoms with Gasteiger partial charge in [0.1, 0.15) is 0 Å². The molecule has 0 saturated carbocycles. The van der Waals surface area contributed by atoms with E-state index in [0.717, 1.165) is 43.1 Å². The fourth-order valence-electron chi connectivity index (χ4n) is 4.22. The molecule has 29 heavy (non-hydrogen) atoms. The summed E-state index contributed by atoms with van der Waals surface area (Å²) in [5, 5.41) is 2.77. The first-order valence-corrected chi connectivity index (χ1v) is 10.1. The van der Waals surface area contributed by atoms with Crippen molar-refractivity contribution < 1.29 is 4.79 Å². The third-order valence-electron chi connectivity index (χ3n) is 5.88. The van der Waals surface area contributed by atoms with Gasteiger partial charge in [0.25, 0.3) is 5.56 Å². The van der Waals surface area contributed by atoms with Crippen molar-refractivity contribution in [3.05, 3.63) is 63.2 Å². The predicted octanol–water partition coefficient (Wildman–Crippen LogP) is 2.23. The van der Waals surface area contributed by atoms with Crippen LogP contribution < -0.4 is 10.5 Å². The minimum atomic E-state index is -0.167. The highest BCUT2D eigenvalue weighted by Gasteiger charge is 2.22. The molecule has 2 aromatic heterocycles. The molecule has 1 amide bonds. The lowest BCUT2D eigenvalue weighted by molar-refractivity contribution is -0.131. The Hall–Kier alpha value is -3.09. The third-order valence-corrected chi connectivity index (χ3v) is 5.88. The number of rotatable bonds is 4. The van der Waals surface area contributed by atoms with Gasteiger partial charge in [0.15, 0.2) is 5.65 Å². The lowest BCUT2D eigenvalue weighted by atomic mass is 10.1. The van der Waals surface area contributed by atoms with Crippen LogP contribution in [0.15, 0.2) is 35.1 Å². The van der Waals surface area contributed by atoms with E-state index in [4.69, 9.17) is 0 Å². The van der Waals surface area contributed by atoms with Crippen molar-refractivity contribution in [3.63, 3.8) is 0 Å². The molecular weight excluding hydrogens is 366 g/mol. The van der Waals surface area contributed by atoms with Gasteiger partial charge in [0.2, 0.25) is 5.91 Å². The molecule has 0 spiro atoms. The van der Waals surface area contributed by atoms with Crippen molar-refractivity contribution in [1.29, 1.82) is 0 Å². The molecular formula is C22H27N5O2. The number of piperazine rings is 1. The average Bonchev–Trinajstić information content (AvgIpc) is 3.08. The molecule has 3 aromatic rings. The summed E-state index contributed by atoms with van der Waals surface area (Å²) < 4.78 is 1.70. The topological polar surface area (TPSA) is 73.7 Å². The number of aryl methyl sites for hydroxylation is 3. The number of carbonyl (C=O) groups is 1. The monoisotopic (exact) mass is 393 g/mol. The summed E-state index contributed by atoms with van der Waals surface area (Å²) in [7, 11) is 0. The summed E-state index contributed by atoms with van der Waals surface area (Å²) in [6.45, 7) is 9.21. The number of nitrogens with one attached hydrogen (secondary N) is 1. The number of H-pyrrole nitrogens is 1. The predicted molar refractivity (Wildman–Crippen MR) is 114 cm³/mol. The number of amides is 1. The molecule has 7 heteroatoms. The summed E-state index contributed by atoms with van der Waals surface area (Å²) >= 11 is 0. The van der Waals surface area contributed by atoms with E-state index in [1.54, 1.807) is 4.52 Å². The van der Waals surface area contributed by atoms with Crippen molar-refractivity contribution in [2.45, 2.75) is 33.6 Å². The van der Waals surface area contributed by atoms with Crippen LogP contribution in [-0.4, -0.2) is 51.6 Å². The van der Waals surface area contributed by atoms with E-state index in [0.29, 0.717) is 18.5 Å². The van der Waals surface area contributed by atoms with Crippen LogP contribution >= 0.6 is 0 Å². The zero-order valence-electron chi connectivity index (χ0n) is 17.2. The Bertz CT molecular complexity index is 1110. The second-order valence-electron chi connectivity index (χ2n) is 7.73. The number of carbonyl (C=O) groups excluding carboxylic acids is 1. The van der Waals surface area contributed by atoms with Crippen LogP contribution in [0, 0.1) is 20.8 Å². The number of hydrogen-bond acceptors (Lipinski definition) is 4. The number of anilines is 1. The van der Waals surface area contributed by atoms with Crippen molar-refractivity contribution in [3.8, 4) is 0 Å². The van der Waals surface area contributed by atoms with E-state index in [9.17, 15) is 9.59 Å². The first kappa shape index (κ1) is 19.2. The van der Waals surface area contributed by atoms with Gasteiger partial charge in [-0.05, 0) is 44.4 Å². The van der Waals surface area contributed by atoms with Gasteiger partial charge in [-0.15, -0.1) is 0 Å². The molecule has 1 fully saturated rings. The van der Waals surface area contributed by atoms with Crippen LogP contribution in [0.1, 0.15) is 28.9 Å². The standard InChI is InChI=1S/C22H27N5O2/c1-15-6-4-5-7-19(15)25-10-12-26(13-11-25)22(29)9-8-18-16(2)23-20-14-21(28)24-27(20)17(18)3/h4-7,14H,8-13H2,1-3H3,(H,24,28). The van der Waals surface area contributed by atoms with E-state index in [2.05, 4.69) is 46.2 Å². The fraction of sp³-hybridized carbons (Fsp3) is 0.409. The maximum absolute atomic E-state index is 12.8. The number of aromatic nitrogens is 3. The molecule has 1 aromatic carbocycles. The summed E-state index contributed by atoms with van der Waals surface area (Å²) in [6, 6.07) is 9.88. The van der Waals surface area contributed by atoms with E-state index in [-0.39, 0.29) is 11.5 Å². The van der Waals surface area contributed by atoms with Gasteiger partial charge in [0.05, 0.1) is 0 Å². The average molecular weight is 393 g/mol. The molecule has 1 saturated heterocycles. The summed E-state index contributed by atoms with van der Waals surface area (Å²) in [5.74, 6) is 0.175. The largest absolute Gasteiger partial charge is 0.368 e. The second-order valence-corrected chi connectivity index (χ2v) is 7.73. The van der Waals surface area contributed by atoms with Crippen LogP contribution in [0.4, 0.5) is 5.69 Å². The normalized spacial score (nSPS) is 14.6. The van der Waals surface area contributed by atoms with Gasteiger partial charge < -0.3 is 9.80 Å². The van der Waals surface area contributed by atoms with Crippen LogP contribution in [0.25, 0.3) is 5.65 Å². The number of benzene rings is 1. The molecule has 1 aliphatic rings. The Morgan fingerprint density at radius 1 is 1.10 bits per heavy atom. The quantitative estimate of drug-likeness (QED) is 0.738. The van der Waals surface area contributed by atoms with Crippen molar-refractivity contribution in [2.24, 2.45) is 0 Å². The van der Waals surface area contributed by atoms with Crippen LogP contribution in [0.2, 0.25) is 0 Å². The molecule has 1 aliphatic heterocycles. The zero-order chi connectivity index (χ0) is 20.5. The molecule has 0 radical (unpaired) electrons. The minimum Gasteiger partial charge on any atom is -0.368 e. The highest BCUT2D eigenvalue weighted by molar-refractivity contribution is 5.77. The molecule has 0 atom stereocenters. The third kappa shape index (κ3) is 3.77. The molecule has 7 nitrogen and oxygen atoms in total. The lowest BCUT2D eigenvalue weighted by Gasteiger charge is -2.37. The SMILES string of the molecule is Cc1ccccc1N1CCN(C(=O)CCc2c(C)nc3cc(=O)[nH]n3c2C)CC1. The Morgan fingerprint density at radius 3 is 2.55 bits per heavy atom. The maximum atomic E-state index is 12.8. The fourth-order valence-corrected chi connectivity index (χ4v) is 4.22. The van der Waals surface area contributed by atoms with Crippen molar-refractivity contribution in [2.75, 3.05) is 31.1 Å². The lowest BCUT2D eigenvalue weighted by Crippen LogP contribution is -2.49. The van der Waals surface area contributed by atoms with Gasteiger partial charge >= 0.3 is 0 Å². The van der Waals surface area contributed by atoms with Gasteiger partial charge in [-0.3, -0.25) is 14.7 Å². The van der Waals surface area contributed by atoms with E-state index in [1.807, 2.05) is 18.7 Å². The number of hydrogen-bond donors (Lipinski definition) is 1. The van der Waals surface area contributed by atoms with Crippen LogP contribution in [-0.2, 0) is 11.2 Å². The maximum Gasteiger partial charge on any atom is 0.266 e. The minimum absolute atomic E-state index is 0.167. The summed E-state index contributed by atoms with van der Waals surface area (Å²) in [5.41, 5.74) is 5.81. The Balaban J connectivity index is 1.39. The van der Waals surface area contributed by atoms with E-state index < -0.39 is 0 Å². The van der Waals surface area contributed by atoms with E-state index in [1.165, 1.54) is 17.3 Å². The molecule has 0 aliphatic carbocycles. The van der Waals surface area contributed by atoms with Gasteiger partial charge in [-0.1, -0.05) is 18.2 Å². The number of nitrogens with zero attached hydrogens (tertiary/aromatic N) is 4. The first-order valence-electron chi connectivity index (χ1n) is 10.1. The summed E-state index contributed by atoms with van der Waals surface area (Å²) in [4.78, 5) is 33.2. The highest BCUT2D eigenvalue weighted by atomic mass is 16.2. The van der Waals surface area contributed by atoms with Crippen molar-refractivity contribution in [1.82, 2.24) is 19.5 Å². The van der Waals surface area contributed by atoms with E-state index >= 15 is 0 Å². The molecule has 152 valence electrons. The van der Waals surface area contributed by atoms with Gasteiger partial charge in [-0.25, -0.2) is 9.50 Å². The Morgan fingerprint density at radius 2 is 1.83 bits per heavy atom. The number of aromatic amines is 1. The molecule has 0 bridgehead atoms. The van der Waals surface area contributed by atoms with Crippen LogP contribution in [0.5, 0.6) is 0 Å². The molecule has 0 unspecified atom stereocenters. The highest BCUT2D eigenvalue weighted by Crippen LogP contribution is 2.21. The second kappa shape index (κ2) is 7.73. The van der Waals surface area contributed by atoms with Gasteiger partial charge in [-0.2, -0.15) is 0 Å². The van der Waals surface area contributed by atoms with Crippen molar-refractivity contribution >= 4 is 17.2 Å². The smallest absolute Gasteiger partial charge is 0.266 e. The zero-order valence-corrected chi connectivity index (χ0v) is 17.2. The first-order chi connectivity index (χ1) is 13.9. The van der Waals surface area contributed by atoms with Gasteiger partial charge in [0, 0.05) is 55.7 Å².